The molecule has 4 rings (SSSR count). The number of aromatic nitrogens is 3. The monoisotopic (exact) mass is 355 g/mol. The van der Waals surface area contributed by atoms with Gasteiger partial charge < -0.3 is 11.1 Å². The van der Waals surface area contributed by atoms with Crippen molar-refractivity contribution in [3.63, 3.8) is 0 Å². The third kappa shape index (κ3) is 3.51. The Labute approximate surface area is 150 Å². The zero-order valence-electron chi connectivity index (χ0n) is 13.9. The van der Waals surface area contributed by atoms with Gasteiger partial charge in [0.05, 0.1) is 4.88 Å². The summed E-state index contributed by atoms with van der Waals surface area (Å²) in [5.41, 5.74) is 8.34. The molecule has 0 radical (unpaired) electrons. The smallest absolute Gasteiger partial charge is 0.261 e. The molecule has 0 saturated heterocycles. The molecule has 3 aromatic heterocycles. The van der Waals surface area contributed by atoms with Crippen LogP contribution in [0.5, 0.6) is 0 Å². The van der Waals surface area contributed by atoms with Gasteiger partial charge in [-0.1, -0.05) is 19.3 Å². The number of rotatable bonds is 4. The zero-order chi connectivity index (χ0) is 17.2. The molecule has 0 unspecified atom stereocenters. The minimum Gasteiger partial charge on any atom is -0.366 e. The second-order valence-corrected chi connectivity index (χ2v) is 7.51. The van der Waals surface area contributed by atoms with Gasteiger partial charge in [0.2, 0.25) is 5.95 Å². The lowest BCUT2D eigenvalue weighted by molar-refractivity contribution is 0.0947. The fourth-order valence-corrected chi connectivity index (χ4v) is 4.23. The fraction of sp³-hybridized carbons (Fsp3) is 0.389. The van der Waals surface area contributed by atoms with Crippen molar-refractivity contribution in [2.45, 2.75) is 32.1 Å². The molecular weight excluding hydrogens is 334 g/mol. The highest BCUT2D eigenvalue weighted by molar-refractivity contribution is 7.12. The fourth-order valence-electron chi connectivity index (χ4n) is 3.40. The number of thiophene rings is 1. The number of nitrogens with two attached hydrogens (primary N) is 1. The molecule has 130 valence electrons. The van der Waals surface area contributed by atoms with Crippen LogP contribution in [0.25, 0.3) is 16.8 Å². The molecule has 0 aromatic carbocycles. The maximum absolute atomic E-state index is 12.4. The standard InChI is InChI=1S/C18H21N5OS/c19-18-21-16-9-13(6-7-23(16)22-18)14-8-15(25-11-14)17(24)20-10-12-4-2-1-3-5-12/h6-9,11-12H,1-5,10H2,(H2,19,22)(H,20,24). The normalized spacial score (nSPS) is 15.5. The lowest BCUT2D eigenvalue weighted by Gasteiger charge is -2.21. The summed E-state index contributed by atoms with van der Waals surface area (Å²) in [4.78, 5) is 17.3. The van der Waals surface area contributed by atoms with E-state index < -0.39 is 0 Å². The van der Waals surface area contributed by atoms with Gasteiger partial charge in [0.15, 0.2) is 5.65 Å². The lowest BCUT2D eigenvalue weighted by atomic mass is 9.89. The zero-order valence-corrected chi connectivity index (χ0v) is 14.8. The van der Waals surface area contributed by atoms with Crippen molar-refractivity contribution in [1.29, 1.82) is 0 Å². The van der Waals surface area contributed by atoms with Gasteiger partial charge in [-0.15, -0.1) is 16.4 Å². The van der Waals surface area contributed by atoms with E-state index in [0.29, 0.717) is 11.6 Å². The summed E-state index contributed by atoms with van der Waals surface area (Å²) in [5.74, 6) is 0.915. The van der Waals surface area contributed by atoms with E-state index in [4.69, 9.17) is 5.73 Å². The molecule has 0 bridgehead atoms. The summed E-state index contributed by atoms with van der Waals surface area (Å²) in [6.45, 7) is 0.789. The van der Waals surface area contributed by atoms with Gasteiger partial charge in [-0.2, -0.15) is 4.98 Å². The van der Waals surface area contributed by atoms with Crippen molar-refractivity contribution in [3.8, 4) is 11.1 Å². The minimum absolute atomic E-state index is 0.0228. The first-order valence-corrected chi connectivity index (χ1v) is 9.56. The van der Waals surface area contributed by atoms with Gasteiger partial charge in [0, 0.05) is 12.7 Å². The van der Waals surface area contributed by atoms with Crippen LogP contribution in [0.1, 0.15) is 41.8 Å². The van der Waals surface area contributed by atoms with Gasteiger partial charge in [-0.3, -0.25) is 4.79 Å². The summed E-state index contributed by atoms with van der Waals surface area (Å²) < 4.78 is 1.64. The third-order valence-corrected chi connectivity index (χ3v) is 5.72. The number of anilines is 1. The summed E-state index contributed by atoms with van der Waals surface area (Å²) in [7, 11) is 0. The van der Waals surface area contributed by atoms with Gasteiger partial charge in [-0.05, 0) is 53.5 Å². The largest absolute Gasteiger partial charge is 0.366 e. The number of carbonyl (C=O) groups excluding carboxylic acids is 1. The Bertz CT molecular complexity index is 894. The maximum atomic E-state index is 12.4. The molecule has 1 fully saturated rings. The Morgan fingerprint density at radius 2 is 2.12 bits per heavy atom. The van der Waals surface area contributed by atoms with E-state index in [1.54, 1.807) is 4.52 Å². The van der Waals surface area contributed by atoms with Crippen LogP contribution in [0, 0.1) is 5.92 Å². The van der Waals surface area contributed by atoms with E-state index in [9.17, 15) is 4.79 Å². The average molecular weight is 355 g/mol. The van der Waals surface area contributed by atoms with E-state index in [0.717, 1.165) is 22.5 Å². The van der Waals surface area contributed by atoms with E-state index in [2.05, 4.69) is 15.4 Å². The molecule has 0 aliphatic heterocycles. The third-order valence-electron chi connectivity index (χ3n) is 4.79. The van der Waals surface area contributed by atoms with E-state index in [-0.39, 0.29) is 11.9 Å². The number of carbonyl (C=O) groups is 1. The number of pyridine rings is 1. The SMILES string of the molecule is Nc1nc2cc(-c3csc(C(=O)NCC4CCCCC4)c3)ccn2n1. The highest BCUT2D eigenvalue weighted by Gasteiger charge is 2.16. The van der Waals surface area contributed by atoms with E-state index >= 15 is 0 Å². The summed E-state index contributed by atoms with van der Waals surface area (Å²) >= 11 is 1.47. The lowest BCUT2D eigenvalue weighted by Crippen LogP contribution is -2.29. The van der Waals surface area contributed by atoms with Gasteiger partial charge in [0.25, 0.3) is 5.91 Å². The molecule has 1 amide bonds. The maximum Gasteiger partial charge on any atom is 0.261 e. The van der Waals surface area contributed by atoms with Gasteiger partial charge >= 0.3 is 0 Å². The average Bonchev–Trinajstić information content (AvgIpc) is 3.25. The van der Waals surface area contributed by atoms with Crippen LogP contribution in [0.3, 0.4) is 0 Å². The molecule has 0 atom stereocenters. The van der Waals surface area contributed by atoms with Crippen LogP contribution in [0.15, 0.2) is 29.8 Å². The first kappa shape index (κ1) is 16.1. The quantitative estimate of drug-likeness (QED) is 0.751. The molecule has 0 spiro atoms. The number of amides is 1. The van der Waals surface area contributed by atoms with Crippen molar-refractivity contribution in [3.05, 3.63) is 34.7 Å². The Kier molecular flexibility index (Phi) is 4.40. The van der Waals surface area contributed by atoms with Crippen LogP contribution < -0.4 is 11.1 Å². The van der Waals surface area contributed by atoms with Crippen molar-refractivity contribution >= 4 is 28.8 Å². The van der Waals surface area contributed by atoms with Crippen molar-refractivity contribution in [2.75, 3.05) is 12.3 Å². The van der Waals surface area contributed by atoms with Crippen molar-refractivity contribution in [1.82, 2.24) is 19.9 Å². The molecule has 3 N–H and O–H groups in total. The molecule has 1 saturated carbocycles. The topological polar surface area (TPSA) is 85.3 Å². The van der Waals surface area contributed by atoms with E-state index in [1.165, 1.54) is 43.4 Å². The number of fused-ring (bicyclic) bond motifs is 1. The van der Waals surface area contributed by atoms with Gasteiger partial charge in [0.1, 0.15) is 0 Å². The Morgan fingerprint density at radius 1 is 1.28 bits per heavy atom. The highest BCUT2D eigenvalue weighted by Crippen LogP contribution is 2.27. The Balaban J connectivity index is 1.45. The van der Waals surface area contributed by atoms with E-state index in [1.807, 2.05) is 29.8 Å². The summed E-state index contributed by atoms with van der Waals surface area (Å²) in [6, 6.07) is 5.81. The summed E-state index contributed by atoms with van der Waals surface area (Å²) in [5, 5.41) is 9.17. The number of hydrogen-bond acceptors (Lipinski definition) is 5. The first-order chi connectivity index (χ1) is 12.2. The van der Waals surface area contributed by atoms with Crippen molar-refractivity contribution in [2.24, 2.45) is 5.92 Å². The van der Waals surface area contributed by atoms with Crippen LogP contribution in [0.2, 0.25) is 0 Å². The second kappa shape index (κ2) is 6.84. The predicted molar refractivity (Wildman–Crippen MR) is 99.6 cm³/mol. The van der Waals surface area contributed by atoms with Crippen LogP contribution in [0.4, 0.5) is 5.95 Å². The summed E-state index contributed by atoms with van der Waals surface area (Å²) in [6.07, 6.45) is 8.21. The molecule has 3 heterocycles. The molecule has 25 heavy (non-hydrogen) atoms. The van der Waals surface area contributed by atoms with Crippen LogP contribution in [-0.4, -0.2) is 27.0 Å². The van der Waals surface area contributed by atoms with Crippen LogP contribution in [-0.2, 0) is 0 Å². The number of nitrogens with one attached hydrogen (secondary N) is 1. The molecule has 1 aliphatic carbocycles. The van der Waals surface area contributed by atoms with Gasteiger partial charge in [-0.25, -0.2) is 4.52 Å². The molecular formula is C18H21N5OS. The number of nitrogens with zero attached hydrogens (tertiary/aromatic N) is 3. The molecule has 6 nitrogen and oxygen atoms in total. The Hall–Kier alpha value is -2.41. The Morgan fingerprint density at radius 3 is 2.96 bits per heavy atom. The minimum atomic E-state index is 0.0228. The molecule has 3 aromatic rings. The van der Waals surface area contributed by atoms with Crippen molar-refractivity contribution < 1.29 is 4.79 Å². The number of nitrogen functional groups attached to an aromatic ring is 1. The number of hydrogen-bond donors (Lipinski definition) is 2. The molecule has 1 aliphatic rings. The second-order valence-electron chi connectivity index (χ2n) is 6.60. The first-order valence-electron chi connectivity index (χ1n) is 8.68. The van der Waals surface area contributed by atoms with Crippen LogP contribution >= 0.6 is 11.3 Å². The predicted octanol–water partition coefficient (Wildman–Crippen LogP) is 3.35. The highest BCUT2D eigenvalue weighted by atomic mass is 32.1. The molecule has 7 heteroatoms.